The lowest BCUT2D eigenvalue weighted by Gasteiger charge is -2.26. The molecule has 0 radical (unpaired) electrons. The number of rotatable bonds is 3. The predicted molar refractivity (Wildman–Crippen MR) is 88.2 cm³/mol. The molecule has 2 heteroatoms. The van der Waals surface area contributed by atoms with Crippen LogP contribution < -0.4 is 5.73 Å². The van der Waals surface area contributed by atoms with Crippen LogP contribution in [0.4, 0.5) is 0 Å². The molecule has 21 heavy (non-hydrogen) atoms. The molecule has 0 bridgehead atoms. The van der Waals surface area contributed by atoms with Crippen molar-refractivity contribution in [2.24, 2.45) is 5.73 Å². The Hall–Kier alpha value is -2.19. The molecule has 2 N–H and O–H groups in total. The van der Waals surface area contributed by atoms with Crippen molar-refractivity contribution in [2.75, 3.05) is 0 Å². The number of hydrogen-bond donors (Lipinski definition) is 1. The maximum Gasteiger partial charge on any atom is 0.0705 e. The van der Waals surface area contributed by atoms with Crippen LogP contribution in [-0.2, 0) is 12.0 Å². The van der Waals surface area contributed by atoms with Crippen molar-refractivity contribution < 1.29 is 0 Å². The van der Waals surface area contributed by atoms with Crippen molar-refractivity contribution >= 4 is 10.9 Å². The third kappa shape index (κ3) is 2.55. The molecule has 0 fully saturated rings. The highest BCUT2D eigenvalue weighted by atomic mass is 14.7. The molecule has 1 heterocycles. The third-order valence-corrected chi connectivity index (χ3v) is 4.17. The first-order valence-corrected chi connectivity index (χ1v) is 7.35. The van der Waals surface area contributed by atoms with E-state index in [0.29, 0.717) is 0 Å². The Morgan fingerprint density at radius 3 is 2.43 bits per heavy atom. The zero-order valence-electron chi connectivity index (χ0n) is 12.5. The third-order valence-electron chi connectivity index (χ3n) is 4.17. The van der Waals surface area contributed by atoms with Crippen LogP contribution in [-0.4, -0.2) is 4.98 Å². The summed E-state index contributed by atoms with van der Waals surface area (Å²) in [6.45, 7) is 4.21. The normalized spacial score (nSPS) is 14.0. The number of nitrogens with two attached hydrogens (primary N) is 1. The van der Waals surface area contributed by atoms with Gasteiger partial charge in [-0.15, -0.1) is 0 Å². The van der Waals surface area contributed by atoms with Gasteiger partial charge < -0.3 is 5.73 Å². The molecule has 0 saturated heterocycles. The lowest BCUT2D eigenvalue weighted by atomic mass is 9.85. The molecule has 0 saturated carbocycles. The molecule has 106 valence electrons. The van der Waals surface area contributed by atoms with Crippen LogP contribution in [0.2, 0.25) is 0 Å². The van der Waals surface area contributed by atoms with Crippen molar-refractivity contribution in [3.05, 3.63) is 77.5 Å². The minimum Gasteiger partial charge on any atom is -0.318 e. The Balaban J connectivity index is 2.05. The van der Waals surface area contributed by atoms with Crippen molar-refractivity contribution in [3.63, 3.8) is 0 Å². The maximum atomic E-state index is 6.61. The van der Waals surface area contributed by atoms with Crippen molar-refractivity contribution in [2.45, 2.75) is 25.8 Å². The molecule has 2 aromatic carbocycles. The van der Waals surface area contributed by atoms with Crippen LogP contribution >= 0.6 is 0 Å². The smallest absolute Gasteiger partial charge is 0.0705 e. The van der Waals surface area contributed by atoms with Crippen LogP contribution in [0.1, 0.15) is 30.5 Å². The van der Waals surface area contributed by atoms with E-state index in [2.05, 4.69) is 67.4 Å². The quantitative estimate of drug-likeness (QED) is 0.784. The molecule has 3 aromatic rings. The molecule has 2 nitrogen and oxygen atoms in total. The van der Waals surface area contributed by atoms with Crippen LogP contribution in [0.15, 0.2) is 60.8 Å². The summed E-state index contributed by atoms with van der Waals surface area (Å²) in [5.41, 5.74) is 10.6. The number of nitrogens with zero attached hydrogens (tertiary/aromatic N) is 1. The van der Waals surface area contributed by atoms with Gasteiger partial charge in [-0.25, -0.2) is 0 Å². The summed E-state index contributed by atoms with van der Waals surface area (Å²) in [4.78, 5) is 4.42. The zero-order chi connectivity index (χ0) is 14.9. The second kappa shape index (κ2) is 5.30. The number of benzene rings is 2. The zero-order valence-corrected chi connectivity index (χ0v) is 12.5. The van der Waals surface area contributed by atoms with E-state index >= 15 is 0 Å². The SMILES string of the molecule is CCc1ccc(C(C)(N)c2ccc3cccnc3c2)cc1. The first-order valence-electron chi connectivity index (χ1n) is 7.35. The van der Waals surface area contributed by atoms with Gasteiger partial charge in [0.05, 0.1) is 11.1 Å². The van der Waals surface area contributed by atoms with Gasteiger partial charge >= 0.3 is 0 Å². The summed E-state index contributed by atoms with van der Waals surface area (Å²) in [5, 5.41) is 1.14. The first kappa shape index (κ1) is 13.8. The molecular formula is C19H20N2. The van der Waals surface area contributed by atoms with Gasteiger partial charge in [-0.1, -0.05) is 49.4 Å². The van der Waals surface area contributed by atoms with Crippen LogP contribution in [0.3, 0.4) is 0 Å². The van der Waals surface area contributed by atoms with Gasteiger partial charge in [0, 0.05) is 11.6 Å². The Kier molecular flexibility index (Phi) is 3.48. The van der Waals surface area contributed by atoms with Gasteiger partial charge in [0.2, 0.25) is 0 Å². The predicted octanol–water partition coefficient (Wildman–Crippen LogP) is 4.02. The largest absolute Gasteiger partial charge is 0.318 e. The first-order chi connectivity index (χ1) is 10.1. The Labute approximate surface area is 125 Å². The summed E-state index contributed by atoms with van der Waals surface area (Å²) < 4.78 is 0. The fraction of sp³-hybridized carbons (Fsp3) is 0.211. The van der Waals surface area contributed by atoms with Crippen LogP contribution in [0, 0.1) is 0 Å². The topological polar surface area (TPSA) is 38.9 Å². The molecular weight excluding hydrogens is 256 g/mol. The Morgan fingerprint density at radius 1 is 1.00 bits per heavy atom. The lowest BCUT2D eigenvalue weighted by Crippen LogP contribution is -2.34. The summed E-state index contributed by atoms with van der Waals surface area (Å²) in [6, 6.07) is 18.8. The molecule has 0 aliphatic carbocycles. The standard InChI is InChI=1S/C19H20N2/c1-3-14-6-9-16(10-7-14)19(2,20)17-11-8-15-5-4-12-21-18(15)13-17/h4-13H,3,20H2,1-2H3. The molecule has 0 aliphatic heterocycles. The molecule has 1 unspecified atom stereocenters. The van der Waals surface area contributed by atoms with E-state index in [1.54, 1.807) is 0 Å². The Bertz CT molecular complexity index is 758. The van der Waals surface area contributed by atoms with E-state index in [9.17, 15) is 0 Å². The van der Waals surface area contributed by atoms with Gasteiger partial charge in [-0.05, 0) is 42.2 Å². The van der Waals surface area contributed by atoms with Gasteiger partial charge in [-0.2, -0.15) is 0 Å². The molecule has 1 atom stereocenters. The van der Waals surface area contributed by atoms with Crippen LogP contribution in [0.5, 0.6) is 0 Å². The summed E-state index contributed by atoms with van der Waals surface area (Å²) in [7, 11) is 0. The summed E-state index contributed by atoms with van der Waals surface area (Å²) in [6.07, 6.45) is 2.86. The number of hydrogen-bond acceptors (Lipinski definition) is 2. The number of pyridine rings is 1. The monoisotopic (exact) mass is 276 g/mol. The highest BCUT2D eigenvalue weighted by Gasteiger charge is 2.23. The molecule has 0 aliphatic rings. The second-order valence-corrected chi connectivity index (χ2v) is 5.66. The maximum absolute atomic E-state index is 6.61. The number of aryl methyl sites for hydroxylation is 1. The van der Waals surface area contributed by atoms with Crippen LogP contribution in [0.25, 0.3) is 10.9 Å². The van der Waals surface area contributed by atoms with Crippen molar-refractivity contribution in [1.29, 1.82) is 0 Å². The fourth-order valence-corrected chi connectivity index (χ4v) is 2.64. The molecule has 1 aromatic heterocycles. The molecule has 3 rings (SSSR count). The summed E-state index contributed by atoms with van der Waals surface area (Å²) in [5.74, 6) is 0. The minimum atomic E-state index is -0.516. The van der Waals surface area contributed by atoms with Gasteiger partial charge in [0.15, 0.2) is 0 Å². The van der Waals surface area contributed by atoms with Gasteiger partial charge in [0.25, 0.3) is 0 Å². The average molecular weight is 276 g/mol. The van der Waals surface area contributed by atoms with Crippen molar-refractivity contribution in [3.8, 4) is 0 Å². The lowest BCUT2D eigenvalue weighted by molar-refractivity contribution is 0.603. The van der Waals surface area contributed by atoms with E-state index in [0.717, 1.165) is 28.5 Å². The van der Waals surface area contributed by atoms with Crippen molar-refractivity contribution in [1.82, 2.24) is 4.98 Å². The van der Waals surface area contributed by atoms with E-state index in [-0.39, 0.29) is 0 Å². The molecule has 0 amide bonds. The fourth-order valence-electron chi connectivity index (χ4n) is 2.64. The highest BCUT2D eigenvalue weighted by molar-refractivity contribution is 5.79. The van der Waals surface area contributed by atoms with E-state index in [1.165, 1.54) is 5.56 Å². The minimum absolute atomic E-state index is 0.516. The van der Waals surface area contributed by atoms with Gasteiger partial charge in [-0.3, -0.25) is 4.98 Å². The van der Waals surface area contributed by atoms with E-state index in [4.69, 9.17) is 5.73 Å². The van der Waals surface area contributed by atoms with E-state index in [1.807, 2.05) is 12.3 Å². The highest BCUT2D eigenvalue weighted by Crippen LogP contribution is 2.28. The second-order valence-electron chi connectivity index (χ2n) is 5.66. The average Bonchev–Trinajstić information content (AvgIpc) is 2.54. The number of aromatic nitrogens is 1. The van der Waals surface area contributed by atoms with E-state index < -0.39 is 5.54 Å². The van der Waals surface area contributed by atoms with Gasteiger partial charge in [0.1, 0.15) is 0 Å². The molecule has 0 spiro atoms. The summed E-state index contributed by atoms with van der Waals surface area (Å²) >= 11 is 0. The Morgan fingerprint density at radius 2 is 1.71 bits per heavy atom. The number of fused-ring (bicyclic) bond motifs is 1.